The van der Waals surface area contributed by atoms with Gasteiger partial charge in [0.2, 0.25) is 0 Å². The number of hydrogen-bond donors (Lipinski definition) is 2. The van der Waals surface area contributed by atoms with Crippen molar-refractivity contribution in [3.05, 3.63) is 26.9 Å². The topological polar surface area (TPSA) is 62.2 Å². The zero-order chi connectivity index (χ0) is 11.7. The number of rotatable bonds is 2. The van der Waals surface area contributed by atoms with E-state index in [1.807, 2.05) is 6.07 Å². The fourth-order valence-corrected chi connectivity index (χ4v) is 3.99. The van der Waals surface area contributed by atoms with Crippen molar-refractivity contribution in [1.82, 2.24) is 10.3 Å². The van der Waals surface area contributed by atoms with Gasteiger partial charge in [0.05, 0.1) is 11.1 Å². The second-order valence-electron chi connectivity index (χ2n) is 3.29. The molecule has 2 N–H and O–H groups in total. The minimum absolute atomic E-state index is 0.0661. The highest BCUT2D eigenvalue weighted by molar-refractivity contribution is 9.11. The lowest BCUT2D eigenvalue weighted by Crippen LogP contribution is -2.33. The van der Waals surface area contributed by atoms with E-state index in [2.05, 4.69) is 42.2 Å². The molecule has 2 heterocycles. The predicted octanol–water partition coefficient (Wildman–Crippen LogP) is 2.39. The first kappa shape index (κ1) is 12.3. The Morgan fingerprint density at radius 3 is 2.94 bits per heavy atom. The van der Waals surface area contributed by atoms with Gasteiger partial charge < -0.3 is 5.11 Å². The zero-order valence-corrected chi connectivity index (χ0v) is 12.0. The third-order valence-electron chi connectivity index (χ3n) is 2.16. The summed E-state index contributed by atoms with van der Waals surface area (Å²) in [4.78, 5) is 15.1. The summed E-state index contributed by atoms with van der Waals surface area (Å²) in [5.74, 6) is -0.257. The average Bonchev–Trinajstić information content (AvgIpc) is 2.66. The fraction of sp³-hybridized carbons (Fsp3) is 0.333. The standard InChI is InChI=1S/C9H8Br2N2O2S/c10-4-1-5(11)7(12-2-4)8-13-6(3-16-8)9(14)15/h1-2,6,8,13H,3H2,(H,14,15)/t6-,8?/m1/s1. The molecule has 1 fully saturated rings. The summed E-state index contributed by atoms with van der Waals surface area (Å²) in [7, 11) is 0. The third kappa shape index (κ3) is 2.58. The van der Waals surface area contributed by atoms with Gasteiger partial charge in [-0.05, 0) is 37.9 Å². The molecule has 7 heteroatoms. The number of carboxylic acids is 1. The van der Waals surface area contributed by atoms with E-state index in [0.717, 1.165) is 14.6 Å². The van der Waals surface area contributed by atoms with Crippen molar-refractivity contribution in [2.45, 2.75) is 11.4 Å². The lowest BCUT2D eigenvalue weighted by Gasteiger charge is -2.12. The Morgan fingerprint density at radius 2 is 2.38 bits per heavy atom. The van der Waals surface area contributed by atoms with E-state index >= 15 is 0 Å². The molecule has 4 nitrogen and oxygen atoms in total. The fourth-order valence-electron chi connectivity index (χ4n) is 1.39. The zero-order valence-electron chi connectivity index (χ0n) is 7.98. The molecule has 1 aromatic heterocycles. The number of hydrogen-bond acceptors (Lipinski definition) is 4. The van der Waals surface area contributed by atoms with Gasteiger partial charge in [-0.15, -0.1) is 11.8 Å². The van der Waals surface area contributed by atoms with E-state index in [9.17, 15) is 4.79 Å². The first-order chi connectivity index (χ1) is 7.58. The molecule has 0 aromatic carbocycles. The second-order valence-corrected chi connectivity index (χ2v) is 6.20. The Hall–Kier alpha value is -0.110. The molecule has 2 atom stereocenters. The highest BCUT2D eigenvalue weighted by Gasteiger charge is 2.32. The van der Waals surface area contributed by atoms with E-state index in [0.29, 0.717) is 5.75 Å². The van der Waals surface area contributed by atoms with Gasteiger partial charge in [0.1, 0.15) is 6.04 Å². The van der Waals surface area contributed by atoms with Gasteiger partial charge >= 0.3 is 5.97 Å². The summed E-state index contributed by atoms with van der Waals surface area (Å²) in [5, 5.41) is 11.8. The van der Waals surface area contributed by atoms with Crippen LogP contribution in [0.4, 0.5) is 0 Å². The van der Waals surface area contributed by atoms with Crippen LogP contribution >= 0.6 is 43.6 Å². The molecule has 1 unspecified atom stereocenters. The van der Waals surface area contributed by atoms with Gasteiger partial charge in [0.25, 0.3) is 0 Å². The molecule has 16 heavy (non-hydrogen) atoms. The molecule has 2 rings (SSSR count). The number of pyridine rings is 1. The number of nitrogens with one attached hydrogen (secondary N) is 1. The molecule has 0 bridgehead atoms. The Kier molecular flexibility index (Phi) is 3.89. The van der Waals surface area contributed by atoms with Gasteiger partial charge in [0, 0.05) is 20.9 Å². The van der Waals surface area contributed by atoms with E-state index in [1.165, 1.54) is 0 Å². The third-order valence-corrected chi connectivity index (χ3v) is 4.45. The van der Waals surface area contributed by atoms with Crippen molar-refractivity contribution in [3.8, 4) is 0 Å². The normalized spacial score (nSPS) is 24.6. The van der Waals surface area contributed by atoms with E-state index in [1.54, 1.807) is 18.0 Å². The molecule has 0 radical (unpaired) electrons. The van der Waals surface area contributed by atoms with Crippen LogP contribution in [0.1, 0.15) is 11.1 Å². The maximum Gasteiger partial charge on any atom is 0.321 e. The number of thioether (sulfide) groups is 1. The van der Waals surface area contributed by atoms with Gasteiger partial charge in [0.15, 0.2) is 0 Å². The number of aromatic nitrogens is 1. The average molecular weight is 368 g/mol. The van der Waals surface area contributed by atoms with Gasteiger partial charge in [-0.1, -0.05) is 0 Å². The second kappa shape index (κ2) is 5.03. The van der Waals surface area contributed by atoms with Crippen molar-refractivity contribution in [2.24, 2.45) is 0 Å². The monoisotopic (exact) mass is 366 g/mol. The number of aliphatic carboxylic acids is 1. The molecule has 0 spiro atoms. The molecular weight excluding hydrogens is 360 g/mol. The summed E-state index contributed by atoms with van der Waals surface area (Å²) in [5.41, 5.74) is 0.831. The molecule has 1 aromatic rings. The molecule has 1 saturated heterocycles. The summed E-state index contributed by atoms with van der Waals surface area (Å²) < 4.78 is 1.76. The summed E-state index contributed by atoms with van der Waals surface area (Å²) in [6.07, 6.45) is 1.70. The van der Waals surface area contributed by atoms with Crippen LogP contribution in [0.2, 0.25) is 0 Å². The molecule has 86 valence electrons. The molecule has 0 aliphatic carbocycles. The predicted molar refractivity (Wildman–Crippen MR) is 69.4 cm³/mol. The molecule has 1 aliphatic rings. The molecule has 0 amide bonds. The van der Waals surface area contributed by atoms with Crippen LogP contribution in [0.5, 0.6) is 0 Å². The van der Waals surface area contributed by atoms with Crippen LogP contribution in [0.15, 0.2) is 21.2 Å². The van der Waals surface area contributed by atoms with E-state index < -0.39 is 12.0 Å². The lowest BCUT2D eigenvalue weighted by molar-refractivity contribution is -0.138. The Morgan fingerprint density at radius 1 is 1.62 bits per heavy atom. The van der Waals surface area contributed by atoms with Crippen LogP contribution in [-0.2, 0) is 4.79 Å². The highest BCUT2D eigenvalue weighted by atomic mass is 79.9. The Balaban J connectivity index is 2.17. The molecular formula is C9H8Br2N2O2S. The number of carboxylic acid groups (broad SMARTS) is 1. The van der Waals surface area contributed by atoms with E-state index in [4.69, 9.17) is 5.11 Å². The van der Waals surface area contributed by atoms with E-state index in [-0.39, 0.29) is 5.37 Å². The van der Waals surface area contributed by atoms with Crippen LogP contribution in [-0.4, -0.2) is 27.9 Å². The first-order valence-electron chi connectivity index (χ1n) is 4.49. The van der Waals surface area contributed by atoms with Crippen molar-refractivity contribution in [1.29, 1.82) is 0 Å². The molecule has 0 saturated carbocycles. The van der Waals surface area contributed by atoms with Crippen molar-refractivity contribution in [2.75, 3.05) is 5.75 Å². The van der Waals surface area contributed by atoms with Crippen LogP contribution < -0.4 is 5.32 Å². The van der Waals surface area contributed by atoms with Gasteiger partial charge in [-0.25, -0.2) is 0 Å². The minimum atomic E-state index is -0.816. The van der Waals surface area contributed by atoms with Crippen LogP contribution in [0.3, 0.4) is 0 Å². The summed E-state index contributed by atoms with van der Waals surface area (Å²) in [6, 6.07) is 1.41. The SMILES string of the molecule is O=C(O)[C@H]1CSC(c2ncc(Br)cc2Br)N1. The van der Waals surface area contributed by atoms with Crippen molar-refractivity contribution >= 4 is 49.6 Å². The number of nitrogens with zero attached hydrogens (tertiary/aromatic N) is 1. The molecule has 1 aliphatic heterocycles. The summed E-state index contributed by atoms with van der Waals surface area (Å²) in [6.45, 7) is 0. The first-order valence-corrected chi connectivity index (χ1v) is 7.13. The summed E-state index contributed by atoms with van der Waals surface area (Å²) >= 11 is 8.30. The Labute approximate surface area is 113 Å². The Bertz CT molecular complexity index is 430. The van der Waals surface area contributed by atoms with Gasteiger partial charge in [-0.2, -0.15) is 0 Å². The van der Waals surface area contributed by atoms with Crippen molar-refractivity contribution in [3.63, 3.8) is 0 Å². The smallest absolute Gasteiger partial charge is 0.321 e. The van der Waals surface area contributed by atoms with Gasteiger partial charge in [-0.3, -0.25) is 15.1 Å². The largest absolute Gasteiger partial charge is 0.480 e. The van der Waals surface area contributed by atoms with Crippen molar-refractivity contribution < 1.29 is 9.90 Å². The minimum Gasteiger partial charge on any atom is -0.480 e. The maximum atomic E-state index is 10.8. The highest BCUT2D eigenvalue weighted by Crippen LogP contribution is 2.36. The quantitative estimate of drug-likeness (QED) is 0.840. The maximum absolute atomic E-state index is 10.8. The van der Waals surface area contributed by atoms with Crippen LogP contribution in [0, 0.1) is 0 Å². The number of carbonyl (C=O) groups is 1. The lowest BCUT2D eigenvalue weighted by atomic mass is 10.3. The number of halogens is 2. The van der Waals surface area contributed by atoms with Crippen LogP contribution in [0.25, 0.3) is 0 Å².